The lowest BCUT2D eigenvalue weighted by Gasteiger charge is -2.24. The zero-order chi connectivity index (χ0) is 22.8. The molecule has 1 aliphatic rings. The van der Waals surface area contributed by atoms with Crippen molar-refractivity contribution in [3.05, 3.63) is 113 Å². The van der Waals surface area contributed by atoms with E-state index in [1.807, 2.05) is 30.3 Å². The van der Waals surface area contributed by atoms with Crippen LogP contribution in [0, 0.1) is 0 Å². The Hall–Kier alpha value is -2.93. The molecular formula is C24H18Cl2N2O3S. The largest absolute Gasteiger partial charge is 0.458 e. The third-order valence-electron chi connectivity index (χ3n) is 4.93. The first-order valence-corrected chi connectivity index (χ1v) is 11.3. The Morgan fingerprint density at radius 1 is 1.22 bits per heavy atom. The monoisotopic (exact) mass is 484 g/mol. The summed E-state index contributed by atoms with van der Waals surface area (Å²) in [5.74, 6) is -0.529. The lowest BCUT2D eigenvalue weighted by atomic mass is 9.96. The molecule has 2 aromatic carbocycles. The number of ether oxygens (including phenoxy) is 1. The van der Waals surface area contributed by atoms with E-state index in [1.54, 1.807) is 35.8 Å². The van der Waals surface area contributed by atoms with E-state index < -0.39 is 12.0 Å². The van der Waals surface area contributed by atoms with Gasteiger partial charge in [0.1, 0.15) is 6.61 Å². The number of hydrogen-bond donors (Lipinski definition) is 0. The third kappa shape index (κ3) is 4.21. The number of aromatic nitrogens is 1. The Kier molecular flexibility index (Phi) is 6.46. The Balaban J connectivity index is 1.92. The van der Waals surface area contributed by atoms with E-state index in [-0.39, 0.29) is 12.2 Å². The fraction of sp³-hybridized carbons (Fsp3) is 0.125. The summed E-state index contributed by atoms with van der Waals surface area (Å²) in [6.07, 6.45) is 3.24. The van der Waals surface area contributed by atoms with Crippen molar-refractivity contribution < 1.29 is 9.53 Å². The normalized spacial score (nSPS) is 15.8. The van der Waals surface area contributed by atoms with Crippen LogP contribution in [0.4, 0.5) is 0 Å². The number of carbonyl (C=O) groups excluding carboxylic acids is 1. The van der Waals surface area contributed by atoms with Gasteiger partial charge in [-0.3, -0.25) is 9.36 Å². The number of thiazole rings is 1. The van der Waals surface area contributed by atoms with E-state index in [2.05, 4.69) is 11.6 Å². The van der Waals surface area contributed by atoms with Gasteiger partial charge in [-0.15, -0.1) is 0 Å². The van der Waals surface area contributed by atoms with Gasteiger partial charge in [-0.25, -0.2) is 9.79 Å². The molecular weight excluding hydrogens is 467 g/mol. The summed E-state index contributed by atoms with van der Waals surface area (Å²) in [4.78, 5) is 31.4. The molecule has 0 fully saturated rings. The minimum absolute atomic E-state index is 0.0683. The number of benzene rings is 2. The summed E-state index contributed by atoms with van der Waals surface area (Å²) >= 11 is 13.4. The number of rotatable bonds is 5. The Morgan fingerprint density at radius 3 is 2.66 bits per heavy atom. The van der Waals surface area contributed by atoms with Gasteiger partial charge < -0.3 is 4.74 Å². The average molecular weight is 485 g/mol. The van der Waals surface area contributed by atoms with Crippen LogP contribution in [0.3, 0.4) is 0 Å². The number of hydrogen-bond acceptors (Lipinski definition) is 5. The van der Waals surface area contributed by atoms with Gasteiger partial charge in [-0.05, 0) is 36.3 Å². The molecule has 32 heavy (non-hydrogen) atoms. The molecule has 8 heteroatoms. The summed E-state index contributed by atoms with van der Waals surface area (Å²) < 4.78 is 7.32. The molecule has 3 aromatic rings. The second kappa shape index (κ2) is 9.28. The Bertz CT molecular complexity index is 1420. The minimum Gasteiger partial charge on any atom is -0.458 e. The molecule has 1 unspecified atom stereocenters. The van der Waals surface area contributed by atoms with E-state index in [0.717, 1.165) is 11.1 Å². The van der Waals surface area contributed by atoms with Gasteiger partial charge in [0.2, 0.25) is 0 Å². The lowest BCUT2D eigenvalue weighted by molar-refractivity contribution is -0.138. The number of allylic oxidation sites excluding steroid dienone is 1. The maximum atomic E-state index is 13.5. The van der Waals surface area contributed by atoms with Gasteiger partial charge in [0.25, 0.3) is 5.56 Å². The summed E-state index contributed by atoms with van der Waals surface area (Å²) in [5.41, 5.74) is 2.11. The van der Waals surface area contributed by atoms with Gasteiger partial charge in [0.15, 0.2) is 4.80 Å². The first-order chi connectivity index (χ1) is 15.4. The molecule has 1 aromatic heterocycles. The topological polar surface area (TPSA) is 60.7 Å². The second-order valence-corrected chi connectivity index (χ2v) is 8.88. The van der Waals surface area contributed by atoms with E-state index in [4.69, 9.17) is 27.9 Å². The van der Waals surface area contributed by atoms with Crippen LogP contribution >= 0.6 is 34.5 Å². The fourth-order valence-electron chi connectivity index (χ4n) is 3.50. The van der Waals surface area contributed by atoms with Crippen LogP contribution in [-0.4, -0.2) is 17.1 Å². The van der Waals surface area contributed by atoms with Gasteiger partial charge >= 0.3 is 5.97 Å². The zero-order valence-corrected chi connectivity index (χ0v) is 19.4. The second-order valence-electron chi connectivity index (χ2n) is 7.05. The predicted octanol–water partition coefficient (Wildman–Crippen LogP) is 4.27. The maximum Gasteiger partial charge on any atom is 0.338 e. The summed E-state index contributed by atoms with van der Waals surface area (Å²) in [6, 6.07) is 13.9. The van der Waals surface area contributed by atoms with E-state index in [0.29, 0.717) is 30.6 Å². The van der Waals surface area contributed by atoms with Crippen LogP contribution in [0.5, 0.6) is 0 Å². The smallest absolute Gasteiger partial charge is 0.338 e. The molecule has 0 N–H and O–H groups in total. The van der Waals surface area contributed by atoms with Gasteiger partial charge in [0, 0.05) is 0 Å². The minimum atomic E-state index is -0.652. The van der Waals surface area contributed by atoms with Crippen molar-refractivity contribution in [1.82, 2.24) is 4.57 Å². The molecule has 1 atom stereocenters. The van der Waals surface area contributed by atoms with E-state index in [9.17, 15) is 9.59 Å². The maximum absolute atomic E-state index is 13.5. The van der Waals surface area contributed by atoms with Crippen molar-refractivity contribution in [2.24, 2.45) is 4.99 Å². The molecule has 0 spiro atoms. The van der Waals surface area contributed by atoms with Crippen molar-refractivity contribution in [3.63, 3.8) is 0 Å². The highest BCUT2D eigenvalue weighted by molar-refractivity contribution is 7.07. The van der Waals surface area contributed by atoms with Crippen LogP contribution in [0.15, 0.2) is 82.2 Å². The molecule has 162 valence electrons. The standard InChI is InChI=1S/C24H18Cl2N2O3S/c1-3-11-31-23(30)20-14(2)27-24-28(21(20)16-7-5-4-6-8-16)22(29)19(32-24)13-15-9-10-17(25)18(26)12-15/h3-10,12-13,21H,1,11H2,2H3/b19-13-. The van der Waals surface area contributed by atoms with Crippen LogP contribution in [0.1, 0.15) is 24.1 Å². The number of esters is 1. The zero-order valence-electron chi connectivity index (χ0n) is 17.0. The van der Waals surface area contributed by atoms with E-state index >= 15 is 0 Å². The average Bonchev–Trinajstić information content (AvgIpc) is 3.08. The first-order valence-electron chi connectivity index (χ1n) is 9.71. The molecule has 0 radical (unpaired) electrons. The highest BCUT2D eigenvalue weighted by atomic mass is 35.5. The van der Waals surface area contributed by atoms with Crippen molar-refractivity contribution in [2.45, 2.75) is 13.0 Å². The van der Waals surface area contributed by atoms with Crippen LogP contribution in [0.25, 0.3) is 6.08 Å². The fourth-order valence-corrected chi connectivity index (χ4v) is 4.85. The van der Waals surface area contributed by atoms with Gasteiger partial charge in [-0.1, -0.05) is 83.6 Å². The van der Waals surface area contributed by atoms with Gasteiger partial charge in [-0.2, -0.15) is 0 Å². The highest BCUT2D eigenvalue weighted by Crippen LogP contribution is 2.30. The van der Waals surface area contributed by atoms with Gasteiger partial charge in [0.05, 0.1) is 31.9 Å². The van der Waals surface area contributed by atoms with Crippen LogP contribution < -0.4 is 14.9 Å². The lowest BCUT2D eigenvalue weighted by Crippen LogP contribution is -2.39. The summed E-state index contributed by atoms with van der Waals surface area (Å²) in [5, 5.41) is 0.839. The van der Waals surface area contributed by atoms with E-state index in [1.165, 1.54) is 17.4 Å². The quantitative estimate of drug-likeness (QED) is 0.401. The molecule has 0 saturated heterocycles. The van der Waals surface area contributed by atoms with Crippen molar-refractivity contribution in [2.75, 3.05) is 6.61 Å². The summed E-state index contributed by atoms with van der Waals surface area (Å²) in [6.45, 7) is 5.40. The number of fused-ring (bicyclic) bond motifs is 1. The number of carbonyl (C=O) groups is 1. The SMILES string of the molecule is C=CCOC(=O)C1=C(C)N=c2s/c(=C\c3ccc(Cl)c(Cl)c3)c(=O)n2C1c1ccccc1. The Labute approximate surface area is 198 Å². The molecule has 0 bridgehead atoms. The number of nitrogens with zero attached hydrogens (tertiary/aromatic N) is 2. The third-order valence-corrected chi connectivity index (χ3v) is 6.65. The Morgan fingerprint density at radius 2 is 1.97 bits per heavy atom. The molecule has 0 amide bonds. The van der Waals surface area contributed by atoms with Crippen molar-refractivity contribution >= 4 is 46.6 Å². The predicted molar refractivity (Wildman–Crippen MR) is 128 cm³/mol. The molecule has 2 heterocycles. The molecule has 1 aliphatic heterocycles. The molecule has 0 aliphatic carbocycles. The first kappa shape index (κ1) is 22.3. The van der Waals surface area contributed by atoms with Crippen molar-refractivity contribution in [1.29, 1.82) is 0 Å². The number of halogens is 2. The molecule has 0 saturated carbocycles. The molecule has 5 nitrogen and oxygen atoms in total. The van der Waals surface area contributed by atoms with Crippen molar-refractivity contribution in [3.8, 4) is 0 Å². The highest BCUT2D eigenvalue weighted by Gasteiger charge is 2.33. The summed E-state index contributed by atoms with van der Waals surface area (Å²) in [7, 11) is 0. The molecule has 4 rings (SSSR count). The van der Waals surface area contributed by atoms with Crippen LogP contribution in [0.2, 0.25) is 10.0 Å². The van der Waals surface area contributed by atoms with Crippen LogP contribution in [-0.2, 0) is 9.53 Å².